The summed E-state index contributed by atoms with van der Waals surface area (Å²) in [6, 6.07) is 5.97. The molecule has 0 saturated carbocycles. The topological polar surface area (TPSA) is 9.23 Å². The molecule has 2 unspecified atom stereocenters. The van der Waals surface area contributed by atoms with Gasteiger partial charge in [0.25, 0.3) is 0 Å². The predicted octanol–water partition coefficient (Wildman–Crippen LogP) is 4.29. The number of hydrogen-bond acceptors (Lipinski definition) is 1. The molecule has 0 bridgehead atoms. The van der Waals surface area contributed by atoms with Gasteiger partial charge in [-0.1, -0.05) is 33.6 Å². The molecule has 1 aromatic rings. The van der Waals surface area contributed by atoms with Gasteiger partial charge in [-0.3, -0.25) is 0 Å². The van der Waals surface area contributed by atoms with Gasteiger partial charge in [0.2, 0.25) is 0 Å². The molecular formula is C12H13BrCl2O. The third kappa shape index (κ3) is 3.13. The maximum Gasteiger partial charge on any atom is 0.0511 e. The Balaban J connectivity index is 2.07. The van der Waals surface area contributed by atoms with Crippen LogP contribution in [0.2, 0.25) is 5.02 Å². The molecule has 1 aliphatic rings. The lowest BCUT2D eigenvalue weighted by atomic mass is 9.94. The third-order valence-corrected chi connectivity index (χ3v) is 4.30. The van der Waals surface area contributed by atoms with E-state index in [1.54, 1.807) is 0 Å². The second kappa shape index (κ2) is 5.72. The number of ether oxygens (including phenoxy) is 1. The Labute approximate surface area is 114 Å². The normalized spacial score (nSPS) is 25.7. The molecule has 2 atom stereocenters. The molecule has 0 aromatic heterocycles. The van der Waals surface area contributed by atoms with Gasteiger partial charge in [0.1, 0.15) is 0 Å². The largest absolute Gasteiger partial charge is 0.381 e. The summed E-state index contributed by atoms with van der Waals surface area (Å²) in [7, 11) is 0. The maximum atomic E-state index is 6.28. The van der Waals surface area contributed by atoms with Crippen LogP contribution in [0.4, 0.5) is 0 Å². The number of hydrogen-bond donors (Lipinski definition) is 0. The Morgan fingerprint density at radius 3 is 2.94 bits per heavy atom. The Morgan fingerprint density at radius 2 is 2.25 bits per heavy atom. The number of rotatable bonds is 2. The van der Waals surface area contributed by atoms with Crippen LogP contribution in [-0.2, 0) is 11.2 Å². The molecule has 1 aliphatic heterocycles. The standard InChI is InChI=1S/C12H13BrCl2O/c13-10-2-1-8(12(15)6-10)5-9-7-16-4-3-11(9)14/h1-2,6,9,11H,3-5,7H2. The van der Waals surface area contributed by atoms with E-state index in [9.17, 15) is 0 Å². The average molecular weight is 324 g/mol. The highest BCUT2D eigenvalue weighted by molar-refractivity contribution is 9.10. The molecule has 16 heavy (non-hydrogen) atoms. The summed E-state index contributed by atoms with van der Waals surface area (Å²) in [5, 5.41) is 0.997. The van der Waals surface area contributed by atoms with Crippen molar-refractivity contribution >= 4 is 39.1 Å². The minimum absolute atomic E-state index is 0.202. The fourth-order valence-corrected chi connectivity index (χ4v) is 2.93. The monoisotopic (exact) mass is 322 g/mol. The predicted molar refractivity (Wildman–Crippen MR) is 71.4 cm³/mol. The van der Waals surface area contributed by atoms with Crippen LogP contribution in [0.5, 0.6) is 0 Å². The van der Waals surface area contributed by atoms with Gasteiger partial charge in [0, 0.05) is 27.4 Å². The van der Waals surface area contributed by atoms with Crippen molar-refractivity contribution < 1.29 is 4.74 Å². The lowest BCUT2D eigenvalue weighted by Gasteiger charge is -2.27. The van der Waals surface area contributed by atoms with Crippen LogP contribution in [0.25, 0.3) is 0 Å². The van der Waals surface area contributed by atoms with Crippen molar-refractivity contribution in [2.45, 2.75) is 18.2 Å². The van der Waals surface area contributed by atoms with Crippen LogP contribution < -0.4 is 0 Å². The van der Waals surface area contributed by atoms with Crippen LogP contribution in [-0.4, -0.2) is 18.6 Å². The maximum absolute atomic E-state index is 6.28. The van der Waals surface area contributed by atoms with Gasteiger partial charge in [-0.05, 0) is 30.5 Å². The molecule has 1 nitrogen and oxygen atoms in total. The zero-order valence-electron chi connectivity index (χ0n) is 8.76. The lowest BCUT2D eigenvalue weighted by molar-refractivity contribution is 0.0578. The van der Waals surface area contributed by atoms with Crippen LogP contribution in [0.3, 0.4) is 0 Å². The number of benzene rings is 1. The van der Waals surface area contributed by atoms with Gasteiger partial charge < -0.3 is 4.74 Å². The van der Waals surface area contributed by atoms with Gasteiger partial charge in [0.05, 0.1) is 6.61 Å². The lowest BCUT2D eigenvalue weighted by Crippen LogP contribution is -2.29. The molecule has 1 fully saturated rings. The SMILES string of the molecule is Clc1cc(Br)ccc1CC1COCCC1Cl. The molecule has 0 radical (unpaired) electrons. The van der Waals surface area contributed by atoms with Crippen LogP contribution >= 0.6 is 39.1 Å². The minimum atomic E-state index is 0.202. The second-order valence-electron chi connectivity index (χ2n) is 4.08. The summed E-state index contributed by atoms with van der Waals surface area (Å²) in [5.74, 6) is 0.370. The quantitative estimate of drug-likeness (QED) is 0.738. The number of halogens is 3. The van der Waals surface area contributed by atoms with E-state index in [0.717, 1.165) is 41.1 Å². The molecule has 1 heterocycles. The van der Waals surface area contributed by atoms with Crippen LogP contribution in [0.1, 0.15) is 12.0 Å². The highest BCUT2D eigenvalue weighted by Gasteiger charge is 2.24. The Hall–Kier alpha value is 0.240. The van der Waals surface area contributed by atoms with Crippen molar-refractivity contribution in [1.82, 2.24) is 0 Å². The molecule has 4 heteroatoms. The van der Waals surface area contributed by atoms with E-state index >= 15 is 0 Å². The van der Waals surface area contributed by atoms with Crippen molar-refractivity contribution in [1.29, 1.82) is 0 Å². The smallest absolute Gasteiger partial charge is 0.0511 e. The molecular weight excluding hydrogens is 311 g/mol. The first-order valence-electron chi connectivity index (χ1n) is 5.32. The Kier molecular flexibility index (Phi) is 4.54. The van der Waals surface area contributed by atoms with E-state index in [0.29, 0.717) is 5.92 Å². The van der Waals surface area contributed by atoms with Crippen molar-refractivity contribution in [3.8, 4) is 0 Å². The van der Waals surface area contributed by atoms with Gasteiger partial charge in [-0.2, -0.15) is 0 Å². The summed E-state index contributed by atoms with van der Waals surface area (Å²) in [6.07, 6.45) is 1.82. The van der Waals surface area contributed by atoms with Gasteiger partial charge in [0.15, 0.2) is 0 Å². The summed E-state index contributed by atoms with van der Waals surface area (Å²) in [6.45, 7) is 1.51. The van der Waals surface area contributed by atoms with E-state index in [1.807, 2.05) is 18.2 Å². The zero-order chi connectivity index (χ0) is 11.5. The summed E-state index contributed by atoms with van der Waals surface area (Å²) in [5.41, 5.74) is 1.14. The molecule has 0 amide bonds. The first kappa shape index (κ1) is 12.7. The zero-order valence-corrected chi connectivity index (χ0v) is 11.9. The fraction of sp³-hybridized carbons (Fsp3) is 0.500. The molecule has 1 aromatic carbocycles. The van der Waals surface area contributed by atoms with E-state index in [-0.39, 0.29) is 5.38 Å². The second-order valence-corrected chi connectivity index (χ2v) is 5.96. The Bertz CT molecular complexity index is 370. The summed E-state index contributed by atoms with van der Waals surface area (Å²) >= 11 is 15.9. The molecule has 0 aliphatic carbocycles. The van der Waals surface area contributed by atoms with E-state index in [2.05, 4.69) is 15.9 Å². The fourth-order valence-electron chi connectivity index (χ4n) is 1.93. The van der Waals surface area contributed by atoms with E-state index in [1.165, 1.54) is 0 Å². The molecule has 2 rings (SSSR count). The molecule has 0 N–H and O–H groups in total. The summed E-state index contributed by atoms with van der Waals surface area (Å²) in [4.78, 5) is 0. The van der Waals surface area contributed by atoms with Gasteiger partial charge >= 0.3 is 0 Å². The molecule has 0 spiro atoms. The molecule has 1 saturated heterocycles. The van der Waals surface area contributed by atoms with Crippen molar-refractivity contribution in [3.05, 3.63) is 33.3 Å². The van der Waals surface area contributed by atoms with Crippen molar-refractivity contribution in [3.63, 3.8) is 0 Å². The summed E-state index contributed by atoms with van der Waals surface area (Å²) < 4.78 is 6.45. The minimum Gasteiger partial charge on any atom is -0.381 e. The third-order valence-electron chi connectivity index (χ3n) is 2.88. The van der Waals surface area contributed by atoms with E-state index < -0.39 is 0 Å². The van der Waals surface area contributed by atoms with Gasteiger partial charge in [-0.15, -0.1) is 11.6 Å². The molecule has 88 valence electrons. The van der Waals surface area contributed by atoms with Crippen LogP contribution in [0, 0.1) is 5.92 Å². The first-order valence-corrected chi connectivity index (χ1v) is 6.93. The Morgan fingerprint density at radius 1 is 1.44 bits per heavy atom. The average Bonchev–Trinajstić information content (AvgIpc) is 2.25. The first-order chi connectivity index (χ1) is 7.66. The number of alkyl halides is 1. The van der Waals surface area contributed by atoms with E-state index in [4.69, 9.17) is 27.9 Å². The highest BCUT2D eigenvalue weighted by atomic mass is 79.9. The van der Waals surface area contributed by atoms with Crippen molar-refractivity contribution in [2.24, 2.45) is 5.92 Å². The highest BCUT2D eigenvalue weighted by Crippen LogP contribution is 2.28. The van der Waals surface area contributed by atoms with Gasteiger partial charge in [-0.25, -0.2) is 0 Å². The van der Waals surface area contributed by atoms with Crippen molar-refractivity contribution in [2.75, 3.05) is 13.2 Å². The van der Waals surface area contributed by atoms with Crippen LogP contribution in [0.15, 0.2) is 22.7 Å².